The molecule has 20 heavy (non-hydrogen) atoms. The van der Waals surface area contributed by atoms with Gasteiger partial charge in [-0.15, -0.1) is 0 Å². The van der Waals surface area contributed by atoms with Crippen LogP contribution in [0.25, 0.3) is 0 Å². The summed E-state index contributed by atoms with van der Waals surface area (Å²) in [6.45, 7) is 2.26. The van der Waals surface area contributed by atoms with Gasteiger partial charge in [-0.3, -0.25) is 0 Å². The van der Waals surface area contributed by atoms with Crippen molar-refractivity contribution in [2.24, 2.45) is 11.8 Å². The van der Waals surface area contributed by atoms with Crippen LogP contribution >= 0.6 is 11.6 Å². The fraction of sp³-hybridized carbons (Fsp3) is 0.647. The van der Waals surface area contributed by atoms with Gasteiger partial charge in [0.05, 0.1) is 5.02 Å². The first-order chi connectivity index (χ1) is 9.63. The monoisotopic (exact) mass is 297 g/mol. The van der Waals surface area contributed by atoms with Crippen molar-refractivity contribution in [1.29, 1.82) is 0 Å². The second-order valence-electron chi connectivity index (χ2n) is 6.08. The lowest BCUT2D eigenvalue weighted by Gasteiger charge is -2.36. The minimum Gasteiger partial charge on any atom is -0.317 e. The van der Waals surface area contributed by atoms with E-state index in [1.54, 1.807) is 12.1 Å². The molecule has 3 atom stereocenters. The number of nitrogens with one attached hydrogen (secondary N) is 1. The van der Waals surface area contributed by atoms with Gasteiger partial charge in [-0.25, -0.2) is 4.39 Å². The lowest BCUT2D eigenvalue weighted by molar-refractivity contribution is 0.200. The Morgan fingerprint density at radius 3 is 2.80 bits per heavy atom. The molecule has 1 aliphatic rings. The summed E-state index contributed by atoms with van der Waals surface area (Å²) in [5, 5.41) is 3.66. The third kappa shape index (κ3) is 3.95. The van der Waals surface area contributed by atoms with Gasteiger partial charge in [-0.2, -0.15) is 0 Å². The summed E-state index contributed by atoms with van der Waals surface area (Å²) in [6.07, 6.45) is 7.34. The van der Waals surface area contributed by atoms with Gasteiger partial charge >= 0.3 is 0 Å². The van der Waals surface area contributed by atoms with E-state index in [9.17, 15) is 4.39 Å². The van der Waals surface area contributed by atoms with Crippen LogP contribution in [0.2, 0.25) is 5.02 Å². The van der Waals surface area contributed by atoms with Crippen molar-refractivity contribution in [2.45, 2.75) is 51.5 Å². The van der Waals surface area contributed by atoms with Crippen LogP contribution in [0.5, 0.6) is 0 Å². The Labute approximate surface area is 126 Å². The molecule has 1 saturated carbocycles. The Morgan fingerprint density at radius 1 is 1.35 bits per heavy atom. The van der Waals surface area contributed by atoms with Gasteiger partial charge in [0.1, 0.15) is 5.82 Å². The second-order valence-corrected chi connectivity index (χ2v) is 6.48. The molecule has 1 N–H and O–H groups in total. The highest BCUT2D eigenvalue weighted by atomic mass is 35.5. The van der Waals surface area contributed by atoms with Gasteiger partial charge in [0.25, 0.3) is 0 Å². The second kappa shape index (κ2) is 7.42. The van der Waals surface area contributed by atoms with E-state index in [-0.39, 0.29) is 10.8 Å². The lowest BCUT2D eigenvalue weighted by Crippen LogP contribution is -2.39. The minimum atomic E-state index is -0.300. The molecule has 3 heteroatoms. The third-order valence-corrected chi connectivity index (χ3v) is 4.95. The molecule has 112 valence electrons. The maximum Gasteiger partial charge on any atom is 0.142 e. The van der Waals surface area contributed by atoms with E-state index >= 15 is 0 Å². The molecule has 1 aromatic carbocycles. The molecule has 1 aromatic rings. The summed E-state index contributed by atoms with van der Waals surface area (Å²) in [7, 11) is 2.04. The molecule has 1 nitrogen and oxygen atoms in total. The number of hydrogen-bond donors (Lipinski definition) is 1. The van der Waals surface area contributed by atoms with Gasteiger partial charge in [-0.1, -0.05) is 37.4 Å². The fourth-order valence-electron chi connectivity index (χ4n) is 3.61. The molecule has 0 heterocycles. The summed E-state index contributed by atoms with van der Waals surface area (Å²) in [6, 6.07) is 5.79. The summed E-state index contributed by atoms with van der Waals surface area (Å²) in [5.41, 5.74) is 1.06. The first-order valence-electron chi connectivity index (χ1n) is 7.75. The van der Waals surface area contributed by atoms with Crippen LogP contribution in [-0.4, -0.2) is 13.1 Å². The lowest BCUT2D eigenvalue weighted by atomic mass is 9.74. The fourth-order valence-corrected chi connectivity index (χ4v) is 3.72. The molecule has 0 saturated heterocycles. The highest BCUT2D eigenvalue weighted by molar-refractivity contribution is 6.30. The first-order valence-corrected chi connectivity index (χ1v) is 8.13. The third-order valence-electron chi connectivity index (χ3n) is 4.64. The summed E-state index contributed by atoms with van der Waals surface area (Å²) in [4.78, 5) is 0. The van der Waals surface area contributed by atoms with E-state index < -0.39 is 0 Å². The van der Waals surface area contributed by atoms with Crippen molar-refractivity contribution >= 4 is 11.6 Å². The van der Waals surface area contributed by atoms with E-state index in [1.165, 1.54) is 32.1 Å². The molecular weight excluding hydrogens is 273 g/mol. The van der Waals surface area contributed by atoms with Crippen LogP contribution in [0.3, 0.4) is 0 Å². The van der Waals surface area contributed by atoms with Crippen LogP contribution in [-0.2, 0) is 6.42 Å². The summed E-state index contributed by atoms with van der Waals surface area (Å²) >= 11 is 5.76. The van der Waals surface area contributed by atoms with Crippen LogP contribution in [0.1, 0.15) is 44.6 Å². The molecule has 0 spiro atoms. The molecule has 0 aromatic heterocycles. The smallest absolute Gasteiger partial charge is 0.142 e. The Bertz CT molecular complexity index is 435. The van der Waals surface area contributed by atoms with Crippen LogP contribution in [0.4, 0.5) is 4.39 Å². The van der Waals surface area contributed by atoms with Crippen molar-refractivity contribution in [3.63, 3.8) is 0 Å². The Balaban J connectivity index is 2.04. The van der Waals surface area contributed by atoms with Crippen molar-refractivity contribution < 1.29 is 4.39 Å². The van der Waals surface area contributed by atoms with Crippen molar-refractivity contribution in [3.8, 4) is 0 Å². The van der Waals surface area contributed by atoms with E-state index in [0.717, 1.165) is 17.9 Å². The van der Waals surface area contributed by atoms with E-state index in [2.05, 4.69) is 12.2 Å². The normalized spacial score (nSPS) is 26.7. The number of benzene rings is 1. The molecule has 1 aliphatic carbocycles. The molecule has 0 aliphatic heterocycles. The van der Waals surface area contributed by atoms with E-state index in [1.807, 2.05) is 13.1 Å². The predicted molar refractivity (Wildman–Crippen MR) is 83.7 cm³/mol. The zero-order chi connectivity index (χ0) is 14.5. The largest absolute Gasteiger partial charge is 0.317 e. The van der Waals surface area contributed by atoms with Crippen LogP contribution in [0.15, 0.2) is 18.2 Å². The van der Waals surface area contributed by atoms with Gasteiger partial charge in [0.15, 0.2) is 0 Å². The van der Waals surface area contributed by atoms with Crippen molar-refractivity contribution in [1.82, 2.24) is 5.32 Å². The van der Waals surface area contributed by atoms with Gasteiger partial charge in [-0.05, 0) is 62.3 Å². The Hall–Kier alpha value is -0.600. The zero-order valence-electron chi connectivity index (χ0n) is 12.5. The Morgan fingerprint density at radius 2 is 2.15 bits per heavy atom. The van der Waals surface area contributed by atoms with E-state index in [0.29, 0.717) is 12.0 Å². The van der Waals surface area contributed by atoms with Gasteiger partial charge < -0.3 is 5.32 Å². The maximum atomic E-state index is 13.6. The van der Waals surface area contributed by atoms with Gasteiger partial charge in [0, 0.05) is 6.04 Å². The number of halogens is 2. The highest BCUT2D eigenvalue weighted by Gasteiger charge is 2.29. The van der Waals surface area contributed by atoms with Crippen molar-refractivity contribution in [3.05, 3.63) is 34.6 Å². The molecule has 0 bridgehead atoms. The topological polar surface area (TPSA) is 12.0 Å². The Kier molecular flexibility index (Phi) is 5.86. The highest BCUT2D eigenvalue weighted by Crippen LogP contribution is 2.34. The zero-order valence-corrected chi connectivity index (χ0v) is 13.2. The quantitative estimate of drug-likeness (QED) is 0.821. The van der Waals surface area contributed by atoms with Crippen molar-refractivity contribution in [2.75, 3.05) is 7.05 Å². The number of hydrogen-bond acceptors (Lipinski definition) is 1. The maximum absolute atomic E-state index is 13.6. The minimum absolute atomic E-state index is 0.214. The molecule has 2 rings (SSSR count). The average Bonchev–Trinajstić information content (AvgIpc) is 2.44. The standard InChI is InChI=1S/C17H25ClFN/c1-3-4-12-6-8-17(20-2)14(9-12)10-13-5-7-15(18)16(19)11-13/h5,7,11-12,14,17,20H,3-4,6,8-10H2,1-2H3. The molecular formula is C17H25ClFN. The molecule has 1 fully saturated rings. The van der Waals surface area contributed by atoms with Gasteiger partial charge in [0.2, 0.25) is 0 Å². The average molecular weight is 298 g/mol. The van der Waals surface area contributed by atoms with Crippen LogP contribution < -0.4 is 5.32 Å². The number of rotatable bonds is 5. The SMILES string of the molecule is CCCC1CCC(NC)C(Cc2ccc(Cl)c(F)c2)C1. The first kappa shape index (κ1) is 15.8. The predicted octanol–water partition coefficient (Wildman–Crippen LogP) is 4.83. The molecule has 3 unspecified atom stereocenters. The van der Waals surface area contributed by atoms with E-state index in [4.69, 9.17) is 11.6 Å². The molecule has 0 radical (unpaired) electrons. The van der Waals surface area contributed by atoms with Crippen LogP contribution in [0, 0.1) is 17.7 Å². The summed E-state index contributed by atoms with van der Waals surface area (Å²) < 4.78 is 13.6. The summed E-state index contributed by atoms with van der Waals surface area (Å²) in [5.74, 6) is 1.14. The molecule has 0 amide bonds.